The van der Waals surface area contributed by atoms with Crippen molar-refractivity contribution in [3.05, 3.63) is 58.6 Å². The van der Waals surface area contributed by atoms with Gasteiger partial charge in [0.05, 0.1) is 18.9 Å². The molecule has 3 atom stereocenters. The Hall–Kier alpha value is -3.77. The summed E-state index contributed by atoms with van der Waals surface area (Å²) in [5.74, 6) is -0.411. The maximum Gasteiger partial charge on any atom is 0.410 e. The van der Waals surface area contributed by atoms with Crippen LogP contribution in [0.5, 0.6) is 0 Å². The number of benzene rings is 1. The predicted octanol–water partition coefficient (Wildman–Crippen LogP) is 4.12. The van der Waals surface area contributed by atoms with Crippen LogP contribution in [0.1, 0.15) is 58.7 Å². The lowest BCUT2D eigenvalue weighted by Crippen LogP contribution is -2.37. The van der Waals surface area contributed by atoms with Gasteiger partial charge in [0.1, 0.15) is 12.2 Å². The summed E-state index contributed by atoms with van der Waals surface area (Å²) < 4.78 is 23.7. The lowest BCUT2D eigenvalue weighted by atomic mass is 10.0. The summed E-state index contributed by atoms with van der Waals surface area (Å²) in [6.45, 7) is 8.34. The summed E-state index contributed by atoms with van der Waals surface area (Å²) in [5.41, 5.74) is -0.0847. The second kappa shape index (κ2) is 15.5. The first-order chi connectivity index (χ1) is 19.9. The van der Waals surface area contributed by atoms with Gasteiger partial charge in [0.25, 0.3) is 0 Å². The predicted molar refractivity (Wildman–Crippen MR) is 157 cm³/mol. The van der Waals surface area contributed by atoms with Gasteiger partial charge in [-0.3, -0.25) is 9.36 Å². The van der Waals surface area contributed by atoms with Crippen molar-refractivity contribution in [3.8, 4) is 0 Å². The maximum absolute atomic E-state index is 12.8. The van der Waals surface area contributed by atoms with Crippen LogP contribution in [0.15, 0.2) is 52.4 Å². The maximum atomic E-state index is 12.8. The van der Waals surface area contributed by atoms with Crippen LogP contribution >= 0.6 is 0 Å². The van der Waals surface area contributed by atoms with E-state index in [1.807, 2.05) is 72.1 Å². The number of rotatable bonds is 13. The fourth-order valence-corrected chi connectivity index (χ4v) is 4.07. The van der Waals surface area contributed by atoms with E-state index >= 15 is 0 Å². The quantitative estimate of drug-likeness (QED) is 0.148. The standard InChI is InChI=1S/C30H43N5O7/c1-22(12-10-11-16-34(29(38)42-30(2,3)4)18-23-13-8-7-9-14-23)27(36)40-20-26-39-19-25(41-26)35-17-15-24(32-28(35)37)31-21-33(5)6/h7-9,13-15,17,21-22,25-26H,10-12,16,18-20H2,1-6H3/b31-21+. The van der Waals surface area contributed by atoms with Crippen molar-refractivity contribution in [3.63, 3.8) is 0 Å². The minimum atomic E-state index is -0.787. The summed E-state index contributed by atoms with van der Waals surface area (Å²) in [7, 11) is 3.63. The zero-order valence-corrected chi connectivity index (χ0v) is 25.4. The molecule has 12 nitrogen and oxygen atoms in total. The van der Waals surface area contributed by atoms with Gasteiger partial charge in [-0.1, -0.05) is 43.7 Å². The minimum absolute atomic E-state index is 0.0867. The van der Waals surface area contributed by atoms with Gasteiger partial charge in [-0.2, -0.15) is 4.98 Å². The molecule has 1 aliphatic rings. The SMILES string of the molecule is CC(CCCCN(Cc1ccccc1)C(=O)OC(C)(C)C)C(=O)OCC1OCC(n2ccc(/N=C/N(C)C)nc2=O)O1. The van der Waals surface area contributed by atoms with Gasteiger partial charge in [0.2, 0.25) is 0 Å². The molecular formula is C30H43N5O7. The summed E-state index contributed by atoms with van der Waals surface area (Å²) in [5, 5.41) is 0. The molecule has 1 aromatic carbocycles. The van der Waals surface area contributed by atoms with E-state index in [-0.39, 0.29) is 37.0 Å². The number of hydrogen-bond donors (Lipinski definition) is 0. The number of esters is 1. The fourth-order valence-electron chi connectivity index (χ4n) is 4.07. The topological polar surface area (TPSA) is 125 Å². The molecule has 0 saturated carbocycles. The van der Waals surface area contributed by atoms with Crippen LogP contribution in [0.2, 0.25) is 0 Å². The molecule has 1 amide bonds. The Morgan fingerprint density at radius 2 is 1.93 bits per heavy atom. The Bertz CT molecular complexity index is 1240. The molecule has 1 aliphatic heterocycles. The third kappa shape index (κ3) is 10.9. The highest BCUT2D eigenvalue weighted by atomic mass is 16.7. The largest absolute Gasteiger partial charge is 0.460 e. The van der Waals surface area contributed by atoms with Gasteiger partial charge in [-0.25, -0.2) is 14.6 Å². The third-order valence-electron chi connectivity index (χ3n) is 6.23. The van der Waals surface area contributed by atoms with Crippen molar-refractivity contribution < 1.29 is 28.5 Å². The Morgan fingerprint density at radius 3 is 2.60 bits per heavy atom. The molecule has 3 unspecified atom stereocenters. The Labute approximate surface area is 247 Å². The van der Waals surface area contributed by atoms with Crippen LogP contribution in [-0.4, -0.2) is 83.5 Å². The number of unbranched alkanes of at least 4 members (excludes halogenated alkanes) is 1. The van der Waals surface area contributed by atoms with Gasteiger partial charge in [-0.15, -0.1) is 0 Å². The van der Waals surface area contributed by atoms with E-state index in [1.54, 1.807) is 28.4 Å². The van der Waals surface area contributed by atoms with E-state index in [4.69, 9.17) is 18.9 Å². The fraction of sp³-hybridized carbons (Fsp3) is 0.567. The molecule has 12 heteroatoms. The molecule has 0 spiro atoms. The first-order valence-electron chi connectivity index (χ1n) is 14.2. The molecular weight excluding hydrogens is 542 g/mol. The van der Waals surface area contributed by atoms with Crippen LogP contribution in [0.4, 0.5) is 10.6 Å². The number of amides is 1. The van der Waals surface area contributed by atoms with Crippen molar-refractivity contribution >= 4 is 24.2 Å². The second-order valence-electron chi connectivity index (χ2n) is 11.5. The van der Waals surface area contributed by atoms with E-state index in [2.05, 4.69) is 9.98 Å². The molecule has 1 saturated heterocycles. The van der Waals surface area contributed by atoms with Crippen molar-refractivity contribution in [2.24, 2.45) is 10.9 Å². The molecule has 1 fully saturated rings. The number of aliphatic imine (C=N–C) groups is 1. The third-order valence-corrected chi connectivity index (χ3v) is 6.23. The van der Waals surface area contributed by atoms with E-state index in [1.165, 1.54) is 4.57 Å². The second-order valence-corrected chi connectivity index (χ2v) is 11.5. The van der Waals surface area contributed by atoms with Crippen LogP contribution in [0.25, 0.3) is 0 Å². The molecule has 1 aromatic heterocycles. The molecule has 0 radical (unpaired) electrons. The number of nitrogens with zero attached hydrogens (tertiary/aromatic N) is 5. The number of hydrogen-bond acceptors (Lipinski definition) is 9. The highest BCUT2D eigenvalue weighted by molar-refractivity contribution is 5.72. The van der Waals surface area contributed by atoms with Crippen LogP contribution in [0, 0.1) is 5.92 Å². The molecule has 230 valence electrons. The Kier molecular flexibility index (Phi) is 12.0. The monoisotopic (exact) mass is 585 g/mol. The van der Waals surface area contributed by atoms with Gasteiger partial charge in [0, 0.05) is 33.4 Å². The van der Waals surface area contributed by atoms with Gasteiger partial charge >= 0.3 is 17.8 Å². The smallest absolute Gasteiger partial charge is 0.410 e. The molecule has 2 aromatic rings. The first kappa shape index (κ1) is 32.7. The lowest BCUT2D eigenvalue weighted by Gasteiger charge is -2.27. The zero-order valence-electron chi connectivity index (χ0n) is 25.4. The average molecular weight is 586 g/mol. The van der Waals surface area contributed by atoms with Crippen LogP contribution in [-0.2, 0) is 30.3 Å². The highest BCUT2D eigenvalue weighted by Crippen LogP contribution is 2.21. The van der Waals surface area contributed by atoms with E-state index in [9.17, 15) is 14.4 Å². The van der Waals surface area contributed by atoms with Crippen molar-refractivity contribution in [1.82, 2.24) is 19.4 Å². The summed E-state index contributed by atoms with van der Waals surface area (Å²) in [6, 6.07) is 11.4. The van der Waals surface area contributed by atoms with E-state index < -0.39 is 23.8 Å². The number of aromatic nitrogens is 2. The van der Waals surface area contributed by atoms with E-state index in [0.717, 1.165) is 12.0 Å². The summed E-state index contributed by atoms with van der Waals surface area (Å²) in [4.78, 5) is 49.3. The van der Waals surface area contributed by atoms with Gasteiger partial charge in [-0.05, 0) is 45.2 Å². The van der Waals surface area contributed by atoms with Crippen molar-refractivity contribution in [2.75, 3.05) is 33.9 Å². The zero-order chi connectivity index (χ0) is 30.7. The summed E-state index contributed by atoms with van der Waals surface area (Å²) in [6.07, 6.45) is 3.32. The number of carbonyl (C=O) groups excluding carboxylic acids is 2. The van der Waals surface area contributed by atoms with Crippen molar-refractivity contribution in [2.45, 2.75) is 71.6 Å². The molecule has 2 heterocycles. The number of carbonyl (C=O) groups is 2. The molecule has 3 rings (SSSR count). The molecule has 42 heavy (non-hydrogen) atoms. The van der Waals surface area contributed by atoms with Gasteiger partial charge in [0.15, 0.2) is 18.3 Å². The van der Waals surface area contributed by atoms with E-state index in [0.29, 0.717) is 25.9 Å². The molecule has 0 N–H and O–H groups in total. The number of ether oxygens (including phenoxy) is 4. The van der Waals surface area contributed by atoms with Crippen LogP contribution < -0.4 is 5.69 Å². The molecule has 0 bridgehead atoms. The first-order valence-corrected chi connectivity index (χ1v) is 14.2. The molecule has 0 aliphatic carbocycles. The van der Waals surface area contributed by atoms with Gasteiger partial charge < -0.3 is 28.7 Å². The summed E-state index contributed by atoms with van der Waals surface area (Å²) >= 11 is 0. The normalized spacial score (nSPS) is 17.7. The Balaban J connectivity index is 1.41. The average Bonchev–Trinajstić information content (AvgIpc) is 3.40. The van der Waals surface area contributed by atoms with Crippen LogP contribution in [0.3, 0.4) is 0 Å². The highest BCUT2D eigenvalue weighted by Gasteiger charge is 2.30. The van der Waals surface area contributed by atoms with Crippen molar-refractivity contribution in [1.29, 1.82) is 0 Å². The Morgan fingerprint density at radius 1 is 1.19 bits per heavy atom. The lowest BCUT2D eigenvalue weighted by molar-refractivity contribution is -0.163. The minimum Gasteiger partial charge on any atom is -0.460 e.